The Balaban J connectivity index is 0.000000397. The number of carboxylic acid groups (broad SMARTS) is 2. The number of rotatable bonds is 38. The number of hydrogen-bond acceptors (Lipinski definition) is 16. The number of aromatic carboxylic acids is 2. The summed E-state index contributed by atoms with van der Waals surface area (Å²) in [4.78, 5) is 207. The van der Waals surface area contributed by atoms with E-state index in [0.717, 1.165) is 12.8 Å². The van der Waals surface area contributed by atoms with Crippen LogP contribution in [0.1, 0.15) is 209 Å². The fourth-order valence-electron chi connectivity index (χ4n) is 13.0. The predicted octanol–water partition coefficient (Wildman–Crippen LogP) is 4.63. The Bertz CT molecular complexity index is 4030. The summed E-state index contributed by atoms with van der Waals surface area (Å²) in [5.74, 6) is -23.9. The number of Topliss-reactive ketones (excluding diaryl/α,β-unsaturated/α-hetero) is 2. The summed E-state index contributed by atoms with van der Waals surface area (Å²) < 4.78 is 58.4. The van der Waals surface area contributed by atoms with Crippen molar-refractivity contribution < 1.29 is 104 Å². The van der Waals surface area contributed by atoms with Crippen molar-refractivity contribution >= 4 is 94.4 Å². The lowest BCUT2D eigenvalue weighted by atomic mass is 9.83. The Morgan fingerprint density at radius 3 is 1.05 bits per heavy atom. The summed E-state index contributed by atoms with van der Waals surface area (Å²) >= 11 is 0. The Morgan fingerprint density at radius 1 is 0.414 bits per heavy atom. The van der Waals surface area contributed by atoms with E-state index in [1.165, 1.54) is 7.05 Å². The Kier molecular flexibility index (Phi) is 35.9. The molecule has 34 heteroatoms. The second kappa shape index (κ2) is 44.2. The third-order valence-corrected chi connectivity index (χ3v) is 18.5. The Morgan fingerprint density at radius 2 is 0.739 bits per heavy atom. The number of benzene rings is 4. The Labute approximate surface area is 638 Å². The molecule has 2 aliphatic carbocycles. The number of carbonyl (C=O) groups is 16. The quantitative estimate of drug-likeness (QED) is 0.0215. The highest BCUT2D eigenvalue weighted by Gasteiger charge is 2.40. The average Bonchev–Trinajstić information content (AvgIpc) is 0.799. The van der Waals surface area contributed by atoms with Crippen LogP contribution < -0.4 is 64.2 Å². The van der Waals surface area contributed by atoms with Crippen LogP contribution in [0.4, 0.5) is 17.6 Å². The zero-order chi connectivity index (χ0) is 82.3. The number of primary amides is 1. The molecule has 8 atom stereocenters. The molecule has 0 aromatic heterocycles. The van der Waals surface area contributed by atoms with Gasteiger partial charge >= 0.3 is 11.9 Å². The van der Waals surface area contributed by atoms with Crippen molar-refractivity contribution in [3.05, 3.63) is 142 Å². The van der Waals surface area contributed by atoms with Crippen LogP contribution in [0.2, 0.25) is 0 Å². The van der Waals surface area contributed by atoms with Gasteiger partial charge in [-0.25, -0.2) is 27.2 Å². The lowest BCUT2D eigenvalue weighted by Crippen LogP contribution is -2.58. The smallest absolute Gasteiger partial charge is 0.339 e. The summed E-state index contributed by atoms with van der Waals surface area (Å²) in [6.07, 6.45) is 7.17. The second-order valence-electron chi connectivity index (χ2n) is 27.9. The molecule has 6 rings (SSSR count). The number of likely N-dealkylation sites (N-methyl/N-ethyl adjacent to an activating group) is 1. The lowest BCUT2D eigenvalue weighted by molar-refractivity contribution is -0.141. The maximum Gasteiger partial charge on any atom is 0.339 e. The largest absolute Gasteiger partial charge is 0.478 e. The highest BCUT2D eigenvalue weighted by atomic mass is 19.1. The molecule has 0 bridgehead atoms. The van der Waals surface area contributed by atoms with Gasteiger partial charge in [0, 0.05) is 7.05 Å². The zero-order valence-corrected chi connectivity index (χ0v) is 62.8. The van der Waals surface area contributed by atoms with E-state index >= 15 is 0 Å². The fraction of sp³-hybridized carbons (Fsp3) is 0.481. The highest BCUT2D eigenvalue weighted by Crippen LogP contribution is 2.30. The van der Waals surface area contributed by atoms with E-state index in [1.807, 2.05) is 0 Å². The molecule has 602 valence electrons. The lowest BCUT2D eigenvalue weighted by Gasteiger charge is -2.32. The molecule has 15 N–H and O–H groups in total. The minimum absolute atomic E-state index is 0.0101. The maximum absolute atomic E-state index is 14.8. The number of carboxylic acids is 2. The molecule has 30 nitrogen and oxygen atoms in total. The van der Waals surface area contributed by atoms with Crippen molar-refractivity contribution in [3.8, 4) is 0 Å². The molecule has 2 saturated carbocycles. The molecule has 0 saturated heterocycles. The first-order valence-corrected chi connectivity index (χ1v) is 36.7. The van der Waals surface area contributed by atoms with Gasteiger partial charge in [0.25, 0.3) is 23.6 Å². The fourth-order valence-corrected chi connectivity index (χ4v) is 13.0. The first kappa shape index (κ1) is 90.1. The number of halogens is 4. The SMILES string of the molecule is CCCC(NC(=O)C(CC(C)C)NC(=O)C(NC(=O)c1c(F)ccc(F)c1C(=O)O)C1CCCCC1)C(=O)C(=O)NCC(=O)NC(C(=O)NC)c1ccccc1.CCCC(NC(=O)C(CC(C)C)NC(=O)C(NC(=O)c1c(F)ccc(F)c1C(=O)O)C1CCCCC1)C(=O)C(=O)NCC(=O)NC(C(N)=O)c1ccccc1. The van der Waals surface area contributed by atoms with E-state index in [9.17, 15) is 104 Å². The van der Waals surface area contributed by atoms with Crippen LogP contribution in [0, 0.1) is 46.9 Å². The average molecular weight is 1560 g/mol. The highest BCUT2D eigenvalue weighted by molar-refractivity contribution is 6.39. The number of amides is 12. The number of hydrogen-bond donors (Lipinski definition) is 14. The van der Waals surface area contributed by atoms with Gasteiger partial charge in [-0.3, -0.25) is 67.1 Å². The molecule has 2 fully saturated rings. The van der Waals surface area contributed by atoms with Crippen LogP contribution in [-0.4, -0.2) is 161 Å². The van der Waals surface area contributed by atoms with E-state index < -0.39 is 213 Å². The van der Waals surface area contributed by atoms with Gasteiger partial charge < -0.3 is 74.4 Å². The molecule has 2 aliphatic rings. The summed E-state index contributed by atoms with van der Waals surface area (Å²) in [5, 5.41) is 45.9. The molecule has 8 unspecified atom stereocenters. The first-order valence-electron chi connectivity index (χ1n) is 36.7. The molecule has 4 aromatic rings. The molecule has 0 spiro atoms. The van der Waals surface area contributed by atoms with Crippen LogP contribution in [0.5, 0.6) is 0 Å². The van der Waals surface area contributed by atoms with Gasteiger partial charge in [-0.05, 0) is 110 Å². The van der Waals surface area contributed by atoms with Gasteiger partial charge in [-0.15, -0.1) is 0 Å². The van der Waals surface area contributed by atoms with Gasteiger partial charge in [-0.1, -0.05) is 154 Å². The van der Waals surface area contributed by atoms with E-state index in [1.54, 1.807) is 102 Å². The number of nitrogens with two attached hydrogens (primary N) is 1. The predicted molar refractivity (Wildman–Crippen MR) is 393 cm³/mol. The molecule has 0 radical (unpaired) electrons. The van der Waals surface area contributed by atoms with Gasteiger partial charge in [0.1, 0.15) is 70.6 Å². The van der Waals surface area contributed by atoms with Crippen LogP contribution in [0.3, 0.4) is 0 Å². The minimum atomic E-state index is -1.89. The van der Waals surface area contributed by atoms with Crippen LogP contribution in [0.25, 0.3) is 0 Å². The summed E-state index contributed by atoms with van der Waals surface area (Å²) in [7, 11) is 1.40. The molecular weight excluding hydrogens is 1460 g/mol. The molecule has 4 aromatic carbocycles. The van der Waals surface area contributed by atoms with Gasteiger partial charge in [-0.2, -0.15) is 0 Å². The third-order valence-electron chi connectivity index (χ3n) is 18.5. The minimum Gasteiger partial charge on any atom is -0.478 e. The van der Waals surface area contributed by atoms with Crippen molar-refractivity contribution in [1.29, 1.82) is 0 Å². The van der Waals surface area contributed by atoms with Gasteiger partial charge in [0.15, 0.2) is 0 Å². The monoisotopic (exact) mass is 1550 g/mol. The first-order chi connectivity index (χ1) is 52.6. The maximum atomic E-state index is 14.8. The van der Waals surface area contributed by atoms with Crippen molar-refractivity contribution in [2.75, 3.05) is 20.1 Å². The van der Waals surface area contributed by atoms with Crippen molar-refractivity contribution in [3.63, 3.8) is 0 Å². The Hall–Kier alpha value is -11.5. The summed E-state index contributed by atoms with van der Waals surface area (Å²) in [6, 6.07) is 8.51. The molecule has 111 heavy (non-hydrogen) atoms. The number of nitrogens with one attached hydrogen (secondary N) is 11. The van der Waals surface area contributed by atoms with E-state index in [4.69, 9.17) is 5.73 Å². The second-order valence-corrected chi connectivity index (χ2v) is 27.9. The van der Waals surface area contributed by atoms with Crippen molar-refractivity contribution in [1.82, 2.24) is 58.5 Å². The van der Waals surface area contributed by atoms with E-state index in [-0.39, 0.29) is 37.5 Å². The third kappa shape index (κ3) is 27.0. The van der Waals surface area contributed by atoms with Gasteiger partial charge in [0.2, 0.25) is 58.8 Å². The number of carbonyl (C=O) groups excluding carboxylic acids is 14. The molecular formula is C77H98F4N12O18. The van der Waals surface area contributed by atoms with Crippen LogP contribution in [0.15, 0.2) is 84.9 Å². The summed E-state index contributed by atoms with van der Waals surface area (Å²) in [5.41, 5.74) is 1.75. The topological polar surface area (TPSA) is 472 Å². The van der Waals surface area contributed by atoms with E-state index in [0.29, 0.717) is 99.6 Å². The molecule has 12 amide bonds. The summed E-state index contributed by atoms with van der Waals surface area (Å²) in [6.45, 7) is 9.13. The van der Waals surface area contributed by atoms with Crippen molar-refractivity contribution in [2.45, 2.75) is 193 Å². The van der Waals surface area contributed by atoms with Gasteiger partial charge in [0.05, 0.1) is 36.3 Å². The van der Waals surface area contributed by atoms with E-state index in [2.05, 4.69) is 58.5 Å². The van der Waals surface area contributed by atoms with Crippen LogP contribution >= 0.6 is 0 Å². The standard InChI is InChI=1S/C39H50F2N6O9.C38H48F2N6O9/c1-5-12-26(33(49)38(54)43-20-28(48)46-31(36(52)42-4)22-13-8-6-9-14-22)44-34(50)27(19-21(2)3)45-37(53)32(23-15-10-7-11-16-23)47-35(51)29-24(40)17-18-25(41)30(29)39(55)56;1-4-11-25(32(48)37(53)42-19-27(47)45-30(33(41)49)21-12-7-5-8-13-21)43-34(50)26(18-20(2)3)44-36(52)31(22-14-9-6-10-15-22)46-35(51)28-23(39)16-17-24(40)29(28)38(54)55/h6,8-9,13-14,17-18,21,23,26-27,31-32H,5,7,10-12,15-16,19-20H2,1-4H3,(H,42,52)(H,43,54)(H,44,50)(H,45,53)(H,46,48)(H,47,51)(H,55,56);5,7-8,12-13,16-17,20,22,25-26,30-31H,4,6,9-11,14-15,18-19H2,1-3H3,(H2,41,49)(H,42,53)(H,43,50)(H,44,52)(H,45,47)(H,46,51)(H,54,55). The molecule has 0 aliphatic heterocycles. The zero-order valence-electron chi connectivity index (χ0n) is 62.8. The van der Waals surface area contributed by atoms with Crippen LogP contribution in [-0.2, 0) is 57.5 Å². The molecule has 0 heterocycles. The number of ketones is 2. The van der Waals surface area contributed by atoms with Crippen molar-refractivity contribution in [2.24, 2.45) is 29.4 Å². The normalized spacial score (nSPS) is 15.0.